The summed E-state index contributed by atoms with van der Waals surface area (Å²) < 4.78 is 17.5. The number of nitrogens with one attached hydrogen (secondary N) is 2. The highest BCUT2D eigenvalue weighted by Crippen LogP contribution is 2.47. The van der Waals surface area contributed by atoms with Crippen molar-refractivity contribution in [3.63, 3.8) is 0 Å². The second-order valence-electron chi connectivity index (χ2n) is 11.7. The second-order valence-corrected chi connectivity index (χ2v) is 12.7. The molecule has 1 aromatic carbocycles. The second kappa shape index (κ2) is 10.3. The van der Waals surface area contributed by atoms with Gasteiger partial charge in [0.25, 0.3) is 6.29 Å². The molecule has 11 heteroatoms. The summed E-state index contributed by atoms with van der Waals surface area (Å²) in [5.41, 5.74) is -0.874. The number of piperidine rings is 1. The summed E-state index contributed by atoms with van der Waals surface area (Å²) in [6.07, 6.45) is -0.669. The van der Waals surface area contributed by atoms with Crippen molar-refractivity contribution in [3.05, 3.63) is 40.3 Å². The molecule has 1 amide bonds. The number of carbonyl (C=O) groups is 3. The van der Waals surface area contributed by atoms with E-state index in [1.54, 1.807) is 53.7 Å². The number of aliphatic hydroxyl groups is 1. The lowest BCUT2D eigenvalue weighted by Gasteiger charge is -2.45. The van der Waals surface area contributed by atoms with Crippen LogP contribution in [0.15, 0.2) is 29.2 Å². The van der Waals surface area contributed by atoms with Crippen LogP contribution in [0.1, 0.15) is 70.3 Å². The maximum Gasteiger partial charge on any atom is 0.548 e. The van der Waals surface area contributed by atoms with E-state index in [4.69, 9.17) is 14.2 Å². The number of fused-ring (bicyclic) bond motifs is 2. The predicted molar refractivity (Wildman–Crippen MR) is 142 cm³/mol. The molecular formula is C27H36N3O7S+. The zero-order chi connectivity index (χ0) is 27.9. The Morgan fingerprint density at radius 2 is 1.66 bits per heavy atom. The Morgan fingerprint density at radius 3 is 2.26 bits per heavy atom. The largest absolute Gasteiger partial charge is 0.548 e. The molecule has 2 aliphatic heterocycles. The first-order chi connectivity index (χ1) is 17.7. The first kappa shape index (κ1) is 28.0. The highest BCUT2D eigenvalue weighted by Gasteiger charge is 2.47. The SMILES string of the molecule is CC(C)(C)OC(=O)NC(/[NH+]=C(\O)OC(C)(C)C)N1CCC2(CC1)CSC1=C(O2)c2ccccc2C(=O)C1=O. The molecule has 0 bridgehead atoms. The number of thioether (sulfide) groups is 1. The number of ether oxygens (including phenoxy) is 3. The molecular weight excluding hydrogens is 510 g/mol. The van der Waals surface area contributed by atoms with Crippen molar-refractivity contribution < 1.29 is 38.7 Å². The zero-order valence-corrected chi connectivity index (χ0v) is 23.5. The summed E-state index contributed by atoms with van der Waals surface area (Å²) in [7, 11) is 0. The molecule has 1 aliphatic carbocycles. The minimum Gasteiger partial charge on any atom is -0.484 e. The van der Waals surface area contributed by atoms with E-state index in [0.717, 1.165) is 0 Å². The molecule has 2 heterocycles. The summed E-state index contributed by atoms with van der Waals surface area (Å²) in [6, 6.07) is 7.02. The number of hydrogen-bond acceptors (Lipinski definition) is 8. The molecule has 10 nitrogen and oxygen atoms in total. The average Bonchev–Trinajstić information content (AvgIpc) is 2.80. The fourth-order valence-electron chi connectivity index (χ4n) is 4.52. The molecule has 0 aromatic heterocycles. The first-order valence-corrected chi connectivity index (χ1v) is 13.6. The third kappa shape index (κ3) is 6.32. The summed E-state index contributed by atoms with van der Waals surface area (Å²) in [5.74, 6) is -0.0206. The van der Waals surface area contributed by atoms with E-state index in [9.17, 15) is 19.5 Å². The van der Waals surface area contributed by atoms with Gasteiger partial charge in [0.15, 0.2) is 0 Å². The van der Waals surface area contributed by atoms with Crippen molar-refractivity contribution in [1.82, 2.24) is 10.2 Å². The van der Waals surface area contributed by atoms with Crippen LogP contribution in [0.5, 0.6) is 0 Å². The van der Waals surface area contributed by atoms with Crippen LogP contribution in [0.25, 0.3) is 5.76 Å². The molecule has 1 unspecified atom stereocenters. The summed E-state index contributed by atoms with van der Waals surface area (Å²) >= 11 is 1.37. The van der Waals surface area contributed by atoms with Crippen molar-refractivity contribution in [2.75, 3.05) is 18.8 Å². The van der Waals surface area contributed by atoms with Gasteiger partial charge in [-0.1, -0.05) is 24.3 Å². The standard InChI is InChI=1S/C27H35N3O7S/c1-25(2,3)36-23(33)28-22(29-24(34)37-26(4,5)6)30-13-11-27(12-14-30)15-38-21-19(32)18(31)16-9-7-8-10-17(16)20(21)35-27/h7-10,22H,11-15H2,1-6H3,(H,28,33)(H,29,34)/p+1. The molecule has 1 saturated heterocycles. The molecule has 1 aromatic rings. The fourth-order valence-corrected chi connectivity index (χ4v) is 5.78. The van der Waals surface area contributed by atoms with Gasteiger partial charge in [-0.15, -0.1) is 16.8 Å². The van der Waals surface area contributed by atoms with Gasteiger partial charge in [-0.05, 0) is 41.5 Å². The van der Waals surface area contributed by atoms with Gasteiger partial charge in [0.2, 0.25) is 11.6 Å². The number of alkyl carbamates (subject to hydrolysis) is 1. The number of benzene rings is 1. The van der Waals surface area contributed by atoms with Crippen LogP contribution in [0.4, 0.5) is 4.79 Å². The van der Waals surface area contributed by atoms with Gasteiger partial charge in [-0.25, -0.2) is 15.0 Å². The lowest BCUT2D eigenvalue weighted by molar-refractivity contribution is -0.558. The normalized spacial score (nSPS) is 20.8. The molecule has 1 spiro atoms. The van der Waals surface area contributed by atoms with Crippen LogP contribution in [-0.2, 0) is 19.0 Å². The number of likely N-dealkylation sites (tertiary alicyclic amines) is 1. The Labute approximate surface area is 226 Å². The lowest BCUT2D eigenvalue weighted by atomic mass is 9.90. The van der Waals surface area contributed by atoms with Crippen LogP contribution in [0.3, 0.4) is 0 Å². The van der Waals surface area contributed by atoms with E-state index in [2.05, 4.69) is 10.3 Å². The van der Waals surface area contributed by atoms with Crippen molar-refractivity contribution >= 4 is 41.3 Å². The number of nitrogens with zero attached hydrogens (tertiary/aromatic N) is 1. The Balaban J connectivity index is 1.51. The van der Waals surface area contributed by atoms with Crippen molar-refractivity contribution in [3.8, 4) is 0 Å². The van der Waals surface area contributed by atoms with Gasteiger partial charge in [0.05, 0.1) is 0 Å². The van der Waals surface area contributed by atoms with Gasteiger partial charge in [-0.2, -0.15) is 0 Å². The maximum absolute atomic E-state index is 12.7. The van der Waals surface area contributed by atoms with Gasteiger partial charge in [-0.3, -0.25) is 9.59 Å². The molecule has 1 atom stereocenters. The van der Waals surface area contributed by atoms with Crippen LogP contribution < -0.4 is 10.3 Å². The maximum atomic E-state index is 12.7. The number of carbonyl (C=O) groups excluding carboxylic acids is 3. The molecule has 4 rings (SSSR count). The van der Waals surface area contributed by atoms with Gasteiger partial charge in [0.1, 0.15) is 27.5 Å². The van der Waals surface area contributed by atoms with Crippen molar-refractivity contribution in [2.24, 2.45) is 0 Å². The van der Waals surface area contributed by atoms with Crippen molar-refractivity contribution in [1.29, 1.82) is 0 Å². The van der Waals surface area contributed by atoms with E-state index in [-0.39, 0.29) is 0 Å². The van der Waals surface area contributed by atoms with Gasteiger partial charge < -0.3 is 19.3 Å². The molecule has 3 aliphatic rings. The number of aliphatic hydroxyl groups excluding tert-OH is 1. The highest BCUT2D eigenvalue weighted by atomic mass is 32.2. The minimum absolute atomic E-state index is 0.363. The first-order valence-electron chi connectivity index (χ1n) is 12.7. The smallest absolute Gasteiger partial charge is 0.484 e. The van der Waals surface area contributed by atoms with Gasteiger partial charge in [0, 0.05) is 42.8 Å². The number of Topliss-reactive ketones (excluding diaryl/α,β-unsaturated/α-hetero) is 2. The molecule has 0 saturated carbocycles. The third-order valence-corrected chi connectivity index (χ3v) is 7.55. The lowest BCUT2D eigenvalue weighted by Crippen LogP contribution is -2.90. The minimum atomic E-state index is -0.801. The molecule has 206 valence electrons. The van der Waals surface area contributed by atoms with Crippen LogP contribution in [0.2, 0.25) is 0 Å². The summed E-state index contributed by atoms with van der Waals surface area (Å²) in [6.45, 7) is 11.7. The number of hydrogen-bond donors (Lipinski definition) is 3. The van der Waals surface area contributed by atoms with E-state index in [0.29, 0.717) is 53.5 Å². The highest BCUT2D eigenvalue weighted by molar-refractivity contribution is 8.04. The Kier molecular flexibility index (Phi) is 7.55. The molecule has 0 radical (unpaired) electrons. The summed E-state index contributed by atoms with van der Waals surface area (Å²) in [5, 5.41) is 13.2. The number of allylic oxidation sites excluding steroid dienone is 1. The quantitative estimate of drug-likeness (QED) is 0.226. The zero-order valence-electron chi connectivity index (χ0n) is 22.7. The monoisotopic (exact) mass is 546 g/mol. The van der Waals surface area contributed by atoms with E-state index < -0.39 is 46.8 Å². The number of amides is 1. The Morgan fingerprint density at radius 1 is 1.05 bits per heavy atom. The summed E-state index contributed by atoms with van der Waals surface area (Å²) in [4.78, 5) is 43.0. The van der Waals surface area contributed by atoms with Crippen molar-refractivity contribution in [2.45, 2.75) is 77.5 Å². The molecule has 1 fully saturated rings. The van der Waals surface area contributed by atoms with E-state index in [1.807, 2.05) is 17.0 Å². The van der Waals surface area contributed by atoms with E-state index >= 15 is 0 Å². The van der Waals surface area contributed by atoms with Gasteiger partial charge >= 0.3 is 12.2 Å². The fraction of sp³-hybridized carbons (Fsp3) is 0.556. The third-order valence-electron chi connectivity index (χ3n) is 6.22. The Hall–Kier alpha value is -3.05. The molecule has 38 heavy (non-hydrogen) atoms. The average molecular weight is 547 g/mol. The van der Waals surface area contributed by atoms with Crippen LogP contribution in [0, 0.1) is 0 Å². The van der Waals surface area contributed by atoms with Crippen LogP contribution in [-0.4, -0.2) is 75.7 Å². The number of rotatable bonds is 3. The van der Waals surface area contributed by atoms with Crippen LogP contribution >= 0.6 is 11.8 Å². The predicted octanol–water partition coefficient (Wildman–Crippen LogP) is 2.34. The molecule has 3 N–H and O–H groups in total. The van der Waals surface area contributed by atoms with E-state index in [1.165, 1.54) is 11.8 Å². The Bertz CT molecular complexity index is 1190. The number of ketones is 2. The topological polar surface area (TPSA) is 128 Å².